The number of fused-ring (bicyclic) bond motifs is 1. The molecule has 3 N–H and O–H groups in total. The van der Waals surface area contributed by atoms with Crippen molar-refractivity contribution in [2.45, 2.75) is 45.1 Å². The maximum absolute atomic E-state index is 13.5. The van der Waals surface area contributed by atoms with Crippen LogP contribution in [0.15, 0.2) is 12.3 Å². The van der Waals surface area contributed by atoms with Crippen LogP contribution in [0.4, 0.5) is 10.3 Å². The van der Waals surface area contributed by atoms with Crippen molar-refractivity contribution in [1.29, 1.82) is 0 Å². The van der Waals surface area contributed by atoms with Crippen molar-refractivity contribution in [2.24, 2.45) is 0 Å². The lowest BCUT2D eigenvalue weighted by Crippen LogP contribution is -2.21. The molecule has 0 amide bonds. The van der Waals surface area contributed by atoms with Gasteiger partial charge >= 0.3 is 0 Å². The van der Waals surface area contributed by atoms with Crippen molar-refractivity contribution < 1.29 is 14.2 Å². The van der Waals surface area contributed by atoms with Gasteiger partial charge in [-0.1, -0.05) is 20.8 Å². The molecule has 3 heterocycles. The minimum atomic E-state index is -0.320. The molecule has 7 heteroatoms. The maximum atomic E-state index is 13.5. The van der Waals surface area contributed by atoms with Crippen molar-refractivity contribution in [1.82, 2.24) is 14.6 Å². The van der Waals surface area contributed by atoms with E-state index in [4.69, 9.17) is 15.6 Å². The Balaban J connectivity index is 0.000000211. The number of halogens is 1. The Morgan fingerprint density at radius 3 is 2.68 bits per heavy atom. The molecule has 22 heavy (non-hydrogen) atoms. The molecule has 2 aromatic rings. The second kappa shape index (κ2) is 6.58. The van der Waals surface area contributed by atoms with Gasteiger partial charge in [0.15, 0.2) is 5.82 Å². The van der Waals surface area contributed by atoms with Crippen LogP contribution in [-0.4, -0.2) is 39.0 Å². The minimum absolute atomic E-state index is 0.142. The second-order valence-corrected chi connectivity index (χ2v) is 6.41. The molecule has 0 aromatic carbocycles. The Morgan fingerprint density at radius 2 is 2.18 bits per heavy atom. The second-order valence-electron chi connectivity index (χ2n) is 6.41. The highest BCUT2D eigenvalue weighted by atomic mass is 19.1. The van der Waals surface area contributed by atoms with Gasteiger partial charge in [-0.3, -0.25) is 0 Å². The van der Waals surface area contributed by atoms with Gasteiger partial charge in [0, 0.05) is 12.0 Å². The normalized spacial score (nSPS) is 18.9. The first-order valence-electron chi connectivity index (χ1n) is 7.35. The average molecular weight is 310 g/mol. The molecular weight excluding hydrogens is 287 g/mol. The molecule has 3 rings (SSSR count). The van der Waals surface area contributed by atoms with Crippen molar-refractivity contribution in [2.75, 3.05) is 18.9 Å². The zero-order chi connectivity index (χ0) is 16.3. The van der Waals surface area contributed by atoms with Gasteiger partial charge < -0.3 is 15.6 Å². The van der Waals surface area contributed by atoms with Crippen molar-refractivity contribution in [3.63, 3.8) is 0 Å². The van der Waals surface area contributed by atoms with Gasteiger partial charge in [0.2, 0.25) is 5.95 Å². The molecule has 0 bridgehead atoms. The van der Waals surface area contributed by atoms with Crippen LogP contribution in [0.5, 0.6) is 0 Å². The van der Waals surface area contributed by atoms with Crippen LogP contribution in [0.3, 0.4) is 0 Å². The zero-order valence-electron chi connectivity index (χ0n) is 13.2. The number of aliphatic hydroxyl groups is 1. The SMILES string of the molecule is CC(C)(C)c1cc(F)c2cnc(N)nn12.OC1CCCOC1. The summed E-state index contributed by atoms with van der Waals surface area (Å²) in [6.07, 6.45) is 3.14. The van der Waals surface area contributed by atoms with E-state index in [0.717, 1.165) is 25.1 Å². The molecule has 1 saturated heterocycles. The predicted molar refractivity (Wildman–Crippen MR) is 82.1 cm³/mol. The molecule has 6 nitrogen and oxygen atoms in total. The monoisotopic (exact) mass is 310 g/mol. The third-order valence-electron chi connectivity index (χ3n) is 3.39. The van der Waals surface area contributed by atoms with Crippen LogP contribution in [0.25, 0.3) is 5.52 Å². The molecule has 1 aliphatic rings. The number of nitrogens with zero attached hydrogens (tertiary/aromatic N) is 3. The van der Waals surface area contributed by atoms with Gasteiger partial charge in [-0.25, -0.2) is 13.9 Å². The summed E-state index contributed by atoms with van der Waals surface area (Å²) in [7, 11) is 0. The number of rotatable bonds is 0. The number of aromatic nitrogens is 3. The maximum Gasteiger partial charge on any atom is 0.238 e. The molecule has 1 fully saturated rings. The molecular formula is C15H23FN4O2. The highest BCUT2D eigenvalue weighted by Gasteiger charge is 2.21. The van der Waals surface area contributed by atoms with Crippen LogP contribution >= 0.6 is 0 Å². The van der Waals surface area contributed by atoms with E-state index in [1.54, 1.807) is 0 Å². The quantitative estimate of drug-likeness (QED) is 0.776. The number of aliphatic hydroxyl groups excluding tert-OH is 1. The topological polar surface area (TPSA) is 85.7 Å². The number of ether oxygens (including phenoxy) is 1. The number of nitrogens with two attached hydrogens (primary N) is 1. The average Bonchev–Trinajstić information content (AvgIpc) is 2.77. The van der Waals surface area contributed by atoms with E-state index in [-0.39, 0.29) is 23.3 Å². The first-order valence-corrected chi connectivity index (χ1v) is 7.35. The van der Waals surface area contributed by atoms with E-state index in [2.05, 4.69) is 10.1 Å². The Kier molecular flexibility index (Phi) is 4.97. The first kappa shape index (κ1) is 16.6. The summed E-state index contributed by atoms with van der Waals surface area (Å²) in [5.74, 6) is -0.177. The lowest BCUT2D eigenvalue weighted by atomic mass is 9.92. The lowest BCUT2D eigenvalue weighted by molar-refractivity contribution is -0.00535. The van der Waals surface area contributed by atoms with E-state index in [9.17, 15) is 4.39 Å². The van der Waals surface area contributed by atoms with Crippen LogP contribution in [0, 0.1) is 5.82 Å². The van der Waals surface area contributed by atoms with Crippen LogP contribution < -0.4 is 5.73 Å². The van der Waals surface area contributed by atoms with Gasteiger partial charge in [-0.2, -0.15) is 0 Å². The smallest absolute Gasteiger partial charge is 0.238 e. The largest absolute Gasteiger partial charge is 0.391 e. The highest BCUT2D eigenvalue weighted by Crippen LogP contribution is 2.25. The van der Waals surface area contributed by atoms with E-state index < -0.39 is 0 Å². The fourth-order valence-electron chi connectivity index (χ4n) is 2.22. The van der Waals surface area contributed by atoms with E-state index >= 15 is 0 Å². The van der Waals surface area contributed by atoms with E-state index in [1.165, 1.54) is 16.8 Å². The zero-order valence-corrected chi connectivity index (χ0v) is 13.2. The van der Waals surface area contributed by atoms with Gasteiger partial charge in [0.05, 0.1) is 24.6 Å². The number of hydrogen-bond donors (Lipinski definition) is 2. The fraction of sp³-hybridized carbons (Fsp3) is 0.600. The van der Waals surface area contributed by atoms with Gasteiger partial charge in [-0.05, 0) is 18.9 Å². The molecule has 1 aliphatic heterocycles. The van der Waals surface area contributed by atoms with Gasteiger partial charge in [-0.15, -0.1) is 5.10 Å². The van der Waals surface area contributed by atoms with Gasteiger partial charge in [0.1, 0.15) is 5.52 Å². The summed E-state index contributed by atoms with van der Waals surface area (Å²) >= 11 is 0. The van der Waals surface area contributed by atoms with Crippen LogP contribution in [0.1, 0.15) is 39.3 Å². The predicted octanol–water partition coefficient (Wildman–Crippen LogP) is 1.91. The fourth-order valence-corrected chi connectivity index (χ4v) is 2.22. The Morgan fingerprint density at radius 1 is 1.45 bits per heavy atom. The number of hydrogen-bond acceptors (Lipinski definition) is 5. The third kappa shape index (κ3) is 3.92. The summed E-state index contributed by atoms with van der Waals surface area (Å²) in [5.41, 5.74) is 6.43. The molecule has 1 unspecified atom stereocenters. The number of anilines is 1. The molecule has 0 spiro atoms. The number of nitrogen functional groups attached to an aromatic ring is 1. The first-order chi connectivity index (χ1) is 10.3. The molecule has 0 radical (unpaired) electrons. The summed E-state index contributed by atoms with van der Waals surface area (Å²) in [6, 6.07) is 1.48. The Bertz CT molecular complexity index is 630. The summed E-state index contributed by atoms with van der Waals surface area (Å²) < 4.78 is 20.0. The van der Waals surface area contributed by atoms with E-state index in [1.807, 2.05) is 20.8 Å². The Hall–Kier alpha value is -1.73. The third-order valence-corrected chi connectivity index (χ3v) is 3.39. The van der Waals surface area contributed by atoms with Crippen molar-refractivity contribution in [3.05, 3.63) is 23.8 Å². The Labute approximate surface area is 129 Å². The molecule has 1 atom stereocenters. The standard InChI is InChI=1S/C10H13FN4.C5H10O2/c1-10(2,3)8-4-6(11)7-5-13-9(12)14-15(7)8;6-5-2-1-3-7-4-5/h4-5H,1-3H3,(H2,12,14);5-6H,1-4H2. The van der Waals surface area contributed by atoms with E-state index in [0.29, 0.717) is 12.1 Å². The molecule has 0 saturated carbocycles. The highest BCUT2D eigenvalue weighted by molar-refractivity contribution is 5.50. The van der Waals surface area contributed by atoms with Crippen molar-refractivity contribution in [3.8, 4) is 0 Å². The van der Waals surface area contributed by atoms with Crippen LogP contribution in [0.2, 0.25) is 0 Å². The molecule has 122 valence electrons. The van der Waals surface area contributed by atoms with Crippen LogP contribution in [-0.2, 0) is 10.2 Å². The summed E-state index contributed by atoms with van der Waals surface area (Å²) in [4.78, 5) is 3.77. The van der Waals surface area contributed by atoms with Crippen molar-refractivity contribution >= 4 is 11.5 Å². The molecule has 2 aromatic heterocycles. The molecule has 0 aliphatic carbocycles. The lowest BCUT2D eigenvalue weighted by Gasteiger charge is -2.17. The summed E-state index contributed by atoms with van der Waals surface area (Å²) in [6.45, 7) is 7.35. The minimum Gasteiger partial charge on any atom is -0.391 e. The summed E-state index contributed by atoms with van der Waals surface area (Å²) in [5, 5.41) is 12.8. The van der Waals surface area contributed by atoms with Gasteiger partial charge in [0.25, 0.3) is 0 Å².